The molecule has 7 nitrogen and oxygen atoms in total. The summed E-state index contributed by atoms with van der Waals surface area (Å²) in [7, 11) is 3.70. The number of anilines is 3. The quantitative estimate of drug-likeness (QED) is 0.603. The summed E-state index contributed by atoms with van der Waals surface area (Å²) < 4.78 is 18.7. The van der Waals surface area contributed by atoms with E-state index in [-0.39, 0.29) is 11.9 Å². The smallest absolute Gasteiger partial charge is 0.152 e. The standard InChI is InChI=1S/C22H26FN5O2/c1-26(10-11-30-2)20-4-3-7-24-22(20)27-8-9-28(18(14-27)15-29)21-13-16-12-17(23)5-6-19(16)25-21/h3-7,12-13,15,18,25H,8-11,14H2,1-2H3. The first kappa shape index (κ1) is 20.2. The zero-order chi connectivity index (χ0) is 21.1. The van der Waals surface area contributed by atoms with E-state index in [9.17, 15) is 9.18 Å². The number of H-pyrrole nitrogens is 1. The van der Waals surface area contributed by atoms with E-state index in [0.29, 0.717) is 19.7 Å². The fourth-order valence-electron chi connectivity index (χ4n) is 3.94. The van der Waals surface area contributed by atoms with E-state index in [0.717, 1.165) is 47.6 Å². The van der Waals surface area contributed by atoms with Crippen molar-refractivity contribution in [3.63, 3.8) is 0 Å². The average molecular weight is 411 g/mol. The lowest BCUT2D eigenvalue weighted by molar-refractivity contribution is -0.109. The molecule has 1 aliphatic rings. The number of aromatic nitrogens is 2. The molecule has 0 aliphatic carbocycles. The summed E-state index contributed by atoms with van der Waals surface area (Å²) in [5, 5.41) is 0.795. The molecule has 1 unspecified atom stereocenters. The van der Waals surface area contributed by atoms with E-state index in [4.69, 9.17) is 4.74 Å². The fraction of sp³-hybridized carbons (Fsp3) is 0.364. The molecule has 1 aromatic carbocycles. The first-order valence-electron chi connectivity index (χ1n) is 10.0. The lowest BCUT2D eigenvalue weighted by Crippen LogP contribution is -2.54. The number of halogens is 1. The Morgan fingerprint density at radius 1 is 1.33 bits per heavy atom. The molecule has 3 aromatic rings. The van der Waals surface area contributed by atoms with Crippen LogP contribution in [0.15, 0.2) is 42.6 Å². The highest BCUT2D eigenvalue weighted by molar-refractivity contribution is 5.85. The molecular weight excluding hydrogens is 385 g/mol. The largest absolute Gasteiger partial charge is 0.383 e. The Labute approximate surface area is 175 Å². The maximum absolute atomic E-state index is 13.5. The van der Waals surface area contributed by atoms with Crippen molar-refractivity contribution in [3.8, 4) is 0 Å². The second-order valence-corrected chi connectivity index (χ2v) is 7.49. The Morgan fingerprint density at radius 2 is 2.20 bits per heavy atom. The predicted molar refractivity (Wildman–Crippen MR) is 117 cm³/mol. The number of pyridine rings is 1. The van der Waals surface area contributed by atoms with Gasteiger partial charge in [0.25, 0.3) is 0 Å². The van der Waals surface area contributed by atoms with Crippen LogP contribution in [0.4, 0.5) is 21.7 Å². The molecular formula is C22H26FN5O2. The van der Waals surface area contributed by atoms with Gasteiger partial charge in [-0.25, -0.2) is 9.37 Å². The summed E-state index contributed by atoms with van der Waals surface area (Å²) in [5.41, 5.74) is 1.86. The first-order chi connectivity index (χ1) is 14.6. The number of piperazine rings is 1. The molecule has 3 heterocycles. The Hall–Kier alpha value is -3.13. The van der Waals surface area contributed by atoms with Gasteiger partial charge in [-0.2, -0.15) is 0 Å². The molecule has 1 aliphatic heterocycles. The highest BCUT2D eigenvalue weighted by Crippen LogP contribution is 2.30. The lowest BCUT2D eigenvalue weighted by atomic mass is 10.1. The monoisotopic (exact) mass is 411 g/mol. The molecule has 2 aromatic heterocycles. The SMILES string of the molecule is COCCN(C)c1cccnc1N1CCN(c2cc3cc(F)ccc3[nH]2)C(C=O)C1. The molecule has 1 atom stereocenters. The topological polar surface area (TPSA) is 64.7 Å². The Kier molecular flexibility index (Phi) is 5.85. The number of aromatic amines is 1. The number of carbonyl (C=O) groups excluding carboxylic acids is 1. The third kappa shape index (κ3) is 3.95. The molecule has 1 fully saturated rings. The van der Waals surface area contributed by atoms with Gasteiger partial charge in [-0.15, -0.1) is 0 Å². The number of rotatable bonds is 7. The normalized spacial score (nSPS) is 16.8. The minimum absolute atomic E-state index is 0.273. The molecule has 0 spiro atoms. The van der Waals surface area contributed by atoms with E-state index < -0.39 is 0 Å². The molecule has 30 heavy (non-hydrogen) atoms. The third-order valence-electron chi connectivity index (χ3n) is 5.56. The zero-order valence-corrected chi connectivity index (χ0v) is 17.2. The Balaban J connectivity index is 1.56. The number of methoxy groups -OCH3 is 1. The number of hydrogen-bond donors (Lipinski definition) is 1. The molecule has 0 radical (unpaired) electrons. The summed E-state index contributed by atoms with van der Waals surface area (Å²) in [5.74, 6) is 1.41. The summed E-state index contributed by atoms with van der Waals surface area (Å²) >= 11 is 0. The first-order valence-corrected chi connectivity index (χ1v) is 10.0. The molecule has 158 valence electrons. The number of likely N-dealkylation sites (N-methyl/N-ethyl adjacent to an activating group) is 1. The maximum Gasteiger partial charge on any atom is 0.152 e. The number of nitrogens with one attached hydrogen (secondary N) is 1. The van der Waals surface area contributed by atoms with Gasteiger partial charge in [0, 0.05) is 57.4 Å². The number of benzene rings is 1. The van der Waals surface area contributed by atoms with Crippen LogP contribution in [0, 0.1) is 5.82 Å². The summed E-state index contributed by atoms with van der Waals surface area (Å²) in [4.78, 5) is 26.2. The summed E-state index contributed by atoms with van der Waals surface area (Å²) in [6.07, 6.45) is 2.74. The van der Waals surface area contributed by atoms with Crippen LogP contribution in [0.3, 0.4) is 0 Å². The number of ether oxygens (including phenoxy) is 1. The number of nitrogens with zero attached hydrogens (tertiary/aromatic N) is 4. The second kappa shape index (κ2) is 8.71. The van der Waals surface area contributed by atoms with E-state index in [1.807, 2.05) is 30.1 Å². The highest BCUT2D eigenvalue weighted by atomic mass is 19.1. The number of fused-ring (bicyclic) bond motifs is 1. The van der Waals surface area contributed by atoms with E-state index in [1.165, 1.54) is 12.1 Å². The number of aldehydes is 1. The van der Waals surface area contributed by atoms with Gasteiger partial charge in [0.05, 0.1) is 12.3 Å². The van der Waals surface area contributed by atoms with Crippen LogP contribution in [0.1, 0.15) is 0 Å². The molecule has 0 amide bonds. The van der Waals surface area contributed by atoms with Crippen molar-refractivity contribution < 1.29 is 13.9 Å². The van der Waals surface area contributed by atoms with Crippen LogP contribution in [0.5, 0.6) is 0 Å². The van der Waals surface area contributed by atoms with Gasteiger partial charge in [-0.05, 0) is 36.4 Å². The second-order valence-electron chi connectivity index (χ2n) is 7.49. The van der Waals surface area contributed by atoms with Gasteiger partial charge in [0.1, 0.15) is 24.0 Å². The lowest BCUT2D eigenvalue weighted by Gasteiger charge is -2.41. The van der Waals surface area contributed by atoms with Gasteiger partial charge in [0.15, 0.2) is 5.82 Å². The average Bonchev–Trinajstić information content (AvgIpc) is 3.20. The zero-order valence-electron chi connectivity index (χ0n) is 17.2. The van der Waals surface area contributed by atoms with Crippen molar-refractivity contribution in [2.75, 3.05) is 61.6 Å². The van der Waals surface area contributed by atoms with Crippen molar-refractivity contribution in [1.82, 2.24) is 9.97 Å². The van der Waals surface area contributed by atoms with Gasteiger partial charge in [0.2, 0.25) is 0 Å². The molecule has 8 heteroatoms. The highest BCUT2D eigenvalue weighted by Gasteiger charge is 2.30. The van der Waals surface area contributed by atoms with Crippen molar-refractivity contribution in [2.24, 2.45) is 0 Å². The maximum atomic E-state index is 13.5. The van der Waals surface area contributed by atoms with Gasteiger partial charge in [-0.1, -0.05) is 0 Å². The van der Waals surface area contributed by atoms with Gasteiger partial charge >= 0.3 is 0 Å². The molecule has 1 saturated heterocycles. The third-order valence-corrected chi connectivity index (χ3v) is 5.56. The van der Waals surface area contributed by atoms with Crippen LogP contribution in [-0.2, 0) is 9.53 Å². The van der Waals surface area contributed by atoms with Crippen molar-refractivity contribution in [2.45, 2.75) is 6.04 Å². The van der Waals surface area contributed by atoms with E-state index in [2.05, 4.69) is 19.8 Å². The molecule has 0 bridgehead atoms. The van der Waals surface area contributed by atoms with Crippen LogP contribution < -0.4 is 14.7 Å². The van der Waals surface area contributed by atoms with Crippen molar-refractivity contribution in [1.29, 1.82) is 0 Å². The predicted octanol–water partition coefficient (Wildman–Crippen LogP) is 2.68. The van der Waals surface area contributed by atoms with Crippen molar-refractivity contribution >= 4 is 34.5 Å². The van der Waals surface area contributed by atoms with Crippen LogP contribution in [-0.4, -0.2) is 69.2 Å². The van der Waals surface area contributed by atoms with Gasteiger partial charge in [-0.3, -0.25) is 0 Å². The number of carbonyl (C=O) groups is 1. The van der Waals surface area contributed by atoms with Crippen molar-refractivity contribution in [3.05, 3.63) is 48.4 Å². The minimum atomic E-state index is -0.337. The fourth-order valence-corrected chi connectivity index (χ4v) is 3.94. The summed E-state index contributed by atoms with van der Waals surface area (Å²) in [6.45, 7) is 3.26. The Morgan fingerprint density at radius 3 is 3.00 bits per heavy atom. The minimum Gasteiger partial charge on any atom is -0.383 e. The van der Waals surface area contributed by atoms with Crippen LogP contribution in [0.2, 0.25) is 0 Å². The molecule has 4 rings (SSSR count). The summed E-state index contributed by atoms with van der Waals surface area (Å²) in [6, 6.07) is 10.2. The molecule has 1 N–H and O–H groups in total. The van der Waals surface area contributed by atoms with Crippen LogP contribution >= 0.6 is 0 Å². The molecule has 0 saturated carbocycles. The number of hydrogen-bond acceptors (Lipinski definition) is 6. The van der Waals surface area contributed by atoms with Gasteiger partial charge < -0.3 is 29.2 Å². The van der Waals surface area contributed by atoms with E-state index in [1.54, 1.807) is 19.4 Å². The van der Waals surface area contributed by atoms with E-state index >= 15 is 0 Å². The Bertz CT molecular complexity index is 1020. The van der Waals surface area contributed by atoms with Crippen LogP contribution in [0.25, 0.3) is 10.9 Å².